The first kappa shape index (κ1) is 25.0. The fourth-order valence-corrected chi connectivity index (χ4v) is 3.35. The molecular weight excluding hydrogens is 484 g/mol. The average molecular weight is 516 g/mol. The maximum Gasteiger partial charge on any atom is 0.435 e. The van der Waals surface area contributed by atoms with Gasteiger partial charge in [-0.15, -0.1) is 24.0 Å². The molecular formula is C18H32F3IN6. The van der Waals surface area contributed by atoms with E-state index in [1.54, 1.807) is 0 Å². The molecule has 0 amide bonds. The van der Waals surface area contributed by atoms with Crippen molar-refractivity contribution in [3.8, 4) is 0 Å². The molecule has 0 radical (unpaired) electrons. The van der Waals surface area contributed by atoms with E-state index in [0.29, 0.717) is 18.4 Å². The largest absolute Gasteiger partial charge is 0.435 e. The lowest BCUT2D eigenvalue weighted by Gasteiger charge is -2.34. The van der Waals surface area contributed by atoms with Gasteiger partial charge in [0.1, 0.15) is 0 Å². The molecule has 1 aromatic heterocycles. The van der Waals surface area contributed by atoms with Crippen molar-refractivity contribution in [3.63, 3.8) is 0 Å². The van der Waals surface area contributed by atoms with Crippen LogP contribution in [0, 0.1) is 5.92 Å². The minimum atomic E-state index is -4.47. The number of halogens is 4. The lowest BCUT2D eigenvalue weighted by molar-refractivity contribution is -0.142. The minimum absolute atomic E-state index is 0. The zero-order valence-corrected chi connectivity index (χ0v) is 19.3. The summed E-state index contributed by atoms with van der Waals surface area (Å²) in [7, 11) is 1.48. The third-order valence-corrected chi connectivity index (χ3v) is 4.48. The quantitative estimate of drug-likeness (QED) is 0.347. The number of guanidine groups is 1. The van der Waals surface area contributed by atoms with Crippen molar-refractivity contribution in [3.05, 3.63) is 17.5 Å². The van der Waals surface area contributed by atoms with Crippen LogP contribution in [-0.2, 0) is 19.8 Å². The number of aryl methyl sites for hydroxylation is 1. The predicted octanol–water partition coefficient (Wildman–Crippen LogP) is 3.23. The lowest BCUT2D eigenvalue weighted by Crippen LogP contribution is -2.49. The van der Waals surface area contributed by atoms with Gasteiger partial charge in [0.25, 0.3) is 0 Å². The number of aliphatic imine (C=N–C) groups is 1. The molecule has 0 atom stereocenters. The summed E-state index contributed by atoms with van der Waals surface area (Å²) in [6.45, 7) is 10.1. The highest BCUT2D eigenvalue weighted by atomic mass is 127. The van der Waals surface area contributed by atoms with Crippen LogP contribution >= 0.6 is 24.0 Å². The van der Waals surface area contributed by atoms with Crippen molar-refractivity contribution < 1.29 is 13.2 Å². The van der Waals surface area contributed by atoms with E-state index in [0.717, 1.165) is 32.5 Å². The van der Waals surface area contributed by atoms with Gasteiger partial charge in [-0.05, 0) is 25.7 Å². The van der Waals surface area contributed by atoms with Gasteiger partial charge in [0.15, 0.2) is 11.7 Å². The van der Waals surface area contributed by atoms with E-state index >= 15 is 0 Å². The lowest BCUT2D eigenvalue weighted by atomic mass is 10.0. The summed E-state index contributed by atoms with van der Waals surface area (Å²) in [5.74, 6) is 1.20. The fourth-order valence-electron chi connectivity index (χ4n) is 3.35. The average Bonchev–Trinajstić information content (AvgIpc) is 2.95. The van der Waals surface area contributed by atoms with Gasteiger partial charge in [-0.1, -0.05) is 13.8 Å². The zero-order valence-electron chi connectivity index (χ0n) is 17.0. The Bertz CT molecular complexity index is 621. The Morgan fingerprint density at radius 1 is 1.32 bits per heavy atom. The SMILES string of the molecule is CCNC(=NCc1cn(C)nc1C(F)(F)F)NC1CCN(CC(C)C)CC1.I. The van der Waals surface area contributed by atoms with Gasteiger partial charge >= 0.3 is 6.18 Å². The third kappa shape index (κ3) is 7.76. The van der Waals surface area contributed by atoms with Crippen molar-refractivity contribution in [2.45, 2.75) is 52.4 Å². The summed E-state index contributed by atoms with van der Waals surface area (Å²) in [5.41, 5.74) is -0.791. The van der Waals surface area contributed by atoms with Crippen LogP contribution in [-0.4, -0.2) is 52.9 Å². The minimum Gasteiger partial charge on any atom is -0.357 e. The molecule has 0 aromatic carbocycles. The van der Waals surface area contributed by atoms with Crippen molar-refractivity contribution >= 4 is 29.9 Å². The molecule has 6 nitrogen and oxygen atoms in total. The van der Waals surface area contributed by atoms with Crippen molar-refractivity contribution in [2.24, 2.45) is 18.0 Å². The van der Waals surface area contributed by atoms with Crippen molar-refractivity contribution in [2.75, 3.05) is 26.2 Å². The first-order valence-corrected chi connectivity index (χ1v) is 9.56. The molecule has 10 heteroatoms. The van der Waals surface area contributed by atoms with E-state index in [4.69, 9.17) is 0 Å². The summed E-state index contributed by atoms with van der Waals surface area (Å²) in [5, 5.41) is 10.0. The predicted molar refractivity (Wildman–Crippen MR) is 116 cm³/mol. The Morgan fingerprint density at radius 3 is 2.50 bits per heavy atom. The number of likely N-dealkylation sites (tertiary alicyclic amines) is 1. The standard InChI is InChI=1S/C18H31F3N6.HI/c1-5-22-17(24-15-6-8-27(9-7-15)11-13(2)3)23-10-14-12-26(4)25-16(14)18(19,20)21;/h12-13,15H,5-11H2,1-4H3,(H2,22,23,24);1H. The molecule has 2 rings (SSSR count). The zero-order chi connectivity index (χ0) is 20.0. The van der Waals surface area contributed by atoms with Crippen molar-refractivity contribution in [1.29, 1.82) is 0 Å². The number of rotatable bonds is 6. The van der Waals surface area contributed by atoms with E-state index in [1.165, 1.54) is 17.9 Å². The van der Waals surface area contributed by atoms with Gasteiger partial charge in [-0.25, -0.2) is 4.99 Å². The Balaban J connectivity index is 0.00000392. The number of nitrogens with one attached hydrogen (secondary N) is 2. The van der Waals surface area contributed by atoms with E-state index in [9.17, 15) is 13.2 Å². The molecule has 0 unspecified atom stereocenters. The van der Waals surface area contributed by atoms with Crippen molar-refractivity contribution in [1.82, 2.24) is 25.3 Å². The Hall–Kier alpha value is -1.04. The molecule has 28 heavy (non-hydrogen) atoms. The van der Waals surface area contributed by atoms with Crippen LogP contribution in [0.25, 0.3) is 0 Å². The highest BCUT2D eigenvalue weighted by Crippen LogP contribution is 2.30. The van der Waals surface area contributed by atoms with Crippen LogP contribution in [0.1, 0.15) is 44.9 Å². The van der Waals surface area contributed by atoms with E-state index in [-0.39, 0.29) is 42.1 Å². The van der Waals surface area contributed by atoms with E-state index < -0.39 is 11.9 Å². The number of alkyl halides is 3. The topological polar surface area (TPSA) is 57.5 Å². The monoisotopic (exact) mass is 516 g/mol. The highest BCUT2D eigenvalue weighted by molar-refractivity contribution is 14.0. The fraction of sp³-hybridized carbons (Fsp3) is 0.778. The molecule has 0 saturated carbocycles. The first-order valence-electron chi connectivity index (χ1n) is 9.56. The molecule has 0 spiro atoms. The Labute approximate surface area is 182 Å². The van der Waals surface area contributed by atoms with Crippen LogP contribution in [0.3, 0.4) is 0 Å². The molecule has 2 N–H and O–H groups in total. The smallest absolute Gasteiger partial charge is 0.357 e. The molecule has 1 aromatic rings. The number of nitrogens with zero attached hydrogens (tertiary/aromatic N) is 4. The van der Waals surface area contributed by atoms with E-state index in [1.807, 2.05) is 6.92 Å². The molecule has 2 heterocycles. The number of aromatic nitrogens is 2. The maximum absolute atomic E-state index is 13.1. The van der Waals surface area contributed by atoms with Crippen LogP contribution in [0.15, 0.2) is 11.2 Å². The molecule has 162 valence electrons. The summed E-state index contributed by atoms with van der Waals surface area (Å²) < 4.78 is 40.4. The maximum atomic E-state index is 13.1. The third-order valence-electron chi connectivity index (χ3n) is 4.48. The van der Waals surface area contributed by atoms with E-state index in [2.05, 4.69) is 39.5 Å². The van der Waals surface area contributed by atoms with Crippen LogP contribution in [0.5, 0.6) is 0 Å². The molecule has 1 aliphatic heterocycles. The van der Waals surface area contributed by atoms with Gasteiger partial charge in [0.2, 0.25) is 0 Å². The van der Waals surface area contributed by atoms with Gasteiger partial charge in [-0.2, -0.15) is 18.3 Å². The van der Waals surface area contributed by atoms with Gasteiger partial charge in [0.05, 0.1) is 6.54 Å². The van der Waals surface area contributed by atoms with Gasteiger partial charge < -0.3 is 15.5 Å². The summed E-state index contributed by atoms with van der Waals surface area (Å²) in [4.78, 5) is 6.82. The molecule has 0 aliphatic carbocycles. The van der Waals surface area contributed by atoms with Gasteiger partial charge in [-0.3, -0.25) is 4.68 Å². The molecule has 1 aliphatic rings. The second kappa shape index (κ2) is 11.2. The molecule has 1 saturated heterocycles. The summed E-state index contributed by atoms with van der Waals surface area (Å²) in [6, 6.07) is 0.280. The van der Waals surface area contributed by atoms with Crippen LogP contribution in [0.4, 0.5) is 13.2 Å². The Morgan fingerprint density at radius 2 is 1.96 bits per heavy atom. The number of piperidine rings is 1. The van der Waals surface area contributed by atoms with Crippen LogP contribution in [0.2, 0.25) is 0 Å². The summed E-state index contributed by atoms with van der Waals surface area (Å²) >= 11 is 0. The summed E-state index contributed by atoms with van der Waals surface area (Å²) in [6.07, 6.45) is -1.10. The second-order valence-corrected chi connectivity index (χ2v) is 7.48. The first-order chi connectivity index (χ1) is 12.7. The second-order valence-electron chi connectivity index (χ2n) is 7.48. The van der Waals surface area contributed by atoms with Crippen LogP contribution < -0.4 is 10.6 Å². The molecule has 0 bridgehead atoms. The van der Waals surface area contributed by atoms with Gasteiger partial charge in [0, 0.05) is 51.0 Å². The number of hydrogen-bond donors (Lipinski definition) is 2. The Kier molecular flexibility index (Phi) is 10.0. The molecule has 1 fully saturated rings. The normalized spacial score (nSPS) is 16.9. The highest BCUT2D eigenvalue weighted by Gasteiger charge is 2.36. The number of hydrogen-bond acceptors (Lipinski definition) is 3.